The molecule has 1 saturated heterocycles. The molecule has 3 rings (SSSR count). The van der Waals surface area contributed by atoms with Crippen LogP contribution in [0, 0.1) is 0 Å². The molecule has 156 valence electrons. The van der Waals surface area contributed by atoms with Crippen molar-refractivity contribution in [1.82, 2.24) is 15.1 Å². The van der Waals surface area contributed by atoms with Crippen molar-refractivity contribution >= 4 is 23.2 Å². The number of rotatable bonds is 8. The number of benzene rings is 1. The summed E-state index contributed by atoms with van der Waals surface area (Å²) >= 11 is 1.39. The van der Waals surface area contributed by atoms with Gasteiger partial charge in [0.2, 0.25) is 0 Å². The zero-order chi connectivity index (χ0) is 20.6. The molecule has 0 bridgehead atoms. The summed E-state index contributed by atoms with van der Waals surface area (Å²) in [7, 11) is 3.93. The lowest BCUT2D eigenvalue weighted by Gasteiger charge is -2.26. The molecule has 1 aromatic carbocycles. The van der Waals surface area contributed by atoms with Gasteiger partial charge < -0.3 is 19.9 Å². The first-order valence-electron chi connectivity index (χ1n) is 10.1. The van der Waals surface area contributed by atoms with E-state index in [2.05, 4.69) is 5.32 Å². The summed E-state index contributed by atoms with van der Waals surface area (Å²) in [6.07, 6.45) is 3.26. The summed E-state index contributed by atoms with van der Waals surface area (Å²) in [5.41, 5.74) is 1.03. The van der Waals surface area contributed by atoms with E-state index in [1.54, 1.807) is 0 Å². The minimum Gasteiger partial charge on any atom is -0.482 e. The number of likely N-dealkylation sites (N-methyl/N-ethyl adjacent to an activating group) is 1. The minimum absolute atomic E-state index is 0.0175. The second kappa shape index (κ2) is 10.4. The Morgan fingerprint density at radius 2 is 1.86 bits per heavy atom. The highest BCUT2D eigenvalue weighted by atomic mass is 32.1. The fourth-order valence-corrected chi connectivity index (χ4v) is 4.25. The van der Waals surface area contributed by atoms with Gasteiger partial charge in [0, 0.05) is 31.1 Å². The van der Waals surface area contributed by atoms with E-state index in [-0.39, 0.29) is 18.4 Å². The number of thiophene rings is 1. The molecule has 1 aliphatic heterocycles. The van der Waals surface area contributed by atoms with E-state index < -0.39 is 0 Å². The van der Waals surface area contributed by atoms with Crippen LogP contribution >= 0.6 is 11.3 Å². The summed E-state index contributed by atoms with van der Waals surface area (Å²) in [6.45, 7) is 2.85. The molecule has 1 aromatic heterocycles. The van der Waals surface area contributed by atoms with Gasteiger partial charge in [0.1, 0.15) is 10.6 Å². The summed E-state index contributed by atoms with van der Waals surface area (Å²) in [5.74, 6) is 0.289. The fourth-order valence-electron chi connectivity index (χ4n) is 3.23. The third-order valence-electron chi connectivity index (χ3n) is 4.87. The van der Waals surface area contributed by atoms with Gasteiger partial charge in [-0.05, 0) is 45.0 Å². The molecular weight excluding hydrogens is 386 g/mol. The first-order chi connectivity index (χ1) is 14.0. The van der Waals surface area contributed by atoms with Crippen molar-refractivity contribution in [2.45, 2.75) is 19.3 Å². The molecule has 0 unspecified atom stereocenters. The zero-order valence-corrected chi connectivity index (χ0v) is 18.0. The molecule has 2 aromatic rings. The minimum atomic E-state index is -0.167. The number of ether oxygens (including phenoxy) is 1. The van der Waals surface area contributed by atoms with E-state index in [4.69, 9.17) is 4.74 Å². The van der Waals surface area contributed by atoms with E-state index in [9.17, 15) is 9.59 Å². The second-order valence-electron chi connectivity index (χ2n) is 7.46. The molecule has 2 heterocycles. The second-order valence-corrected chi connectivity index (χ2v) is 8.51. The Morgan fingerprint density at radius 3 is 2.55 bits per heavy atom. The Bertz CT molecular complexity index is 814. The van der Waals surface area contributed by atoms with Crippen molar-refractivity contribution in [3.8, 4) is 16.2 Å². The Labute approximate surface area is 176 Å². The van der Waals surface area contributed by atoms with Crippen LogP contribution in [0.15, 0.2) is 36.4 Å². The zero-order valence-electron chi connectivity index (χ0n) is 17.1. The van der Waals surface area contributed by atoms with Gasteiger partial charge in [-0.25, -0.2) is 0 Å². The average molecular weight is 416 g/mol. The normalized spacial score (nSPS) is 14.1. The Kier molecular flexibility index (Phi) is 7.66. The third-order valence-corrected chi connectivity index (χ3v) is 6.03. The predicted octanol–water partition coefficient (Wildman–Crippen LogP) is 3.10. The van der Waals surface area contributed by atoms with Crippen LogP contribution in [0.1, 0.15) is 28.9 Å². The molecule has 0 radical (unpaired) electrons. The molecule has 0 spiro atoms. The number of nitrogens with zero attached hydrogens (tertiary/aromatic N) is 2. The molecule has 0 saturated carbocycles. The molecule has 2 amide bonds. The number of carbonyl (C=O) groups excluding carboxylic acids is 2. The van der Waals surface area contributed by atoms with Crippen molar-refractivity contribution in [2.75, 3.05) is 46.9 Å². The van der Waals surface area contributed by atoms with Crippen LogP contribution in [-0.2, 0) is 4.79 Å². The molecule has 0 aliphatic carbocycles. The van der Waals surface area contributed by atoms with Crippen LogP contribution < -0.4 is 10.1 Å². The SMILES string of the molecule is CN(C)CCNC(=O)c1sc(-c2ccccc2)cc1OCC(=O)N1CCCCC1. The topological polar surface area (TPSA) is 61.9 Å². The van der Waals surface area contributed by atoms with Crippen LogP contribution in [0.3, 0.4) is 0 Å². The summed E-state index contributed by atoms with van der Waals surface area (Å²) in [4.78, 5) is 30.5. The largest absolute Gasteiger partial charge is 0.482 e. The molecule has 6 nitrogen and oxygen atoms in total. The third kappa shape index (κ3) is 6.05. The summed E-state index contributed by atoms with van der Waals surface area (Å²) in [5, 5.41) is 2.94. The lowest BCUT2D eigenvalue weighted by Crippen LogP contribution is -2.38. The van der Waals surface area contributed by atoms with Crippen molar-refractivity contribution in [3.05, 3.63) is 41.3 Å². The number of nitrogens with one attached hydrogen (secondary N) is 1. The quantitative estimate of drug-likeness (QED) is 0.720. The Morgan fingerprint density at radius 1 is 1.14 bits per heavy atom. The Balaban J connectivity index is 1.73. The van der Waals surface area contributed by atoms with Crippen LogP contribution in [0.25, 0.3) is 10.4 Å². The number of amides is 2. The van der Waals surface area contributed by atoms with Gasteiger partial charge in [0.15, 0.2) is 6.61 Å². The van der Waals surface area contributed by atoms with Gasteiger partial charge in [-0.1, -0.05) is 30.3 Å². The van der Waals surface area contributed by atoms with Gasteiger partial charge in [-0.2, -0.15) is 0 Å². The molecule has 1 N–H and O–H groups in total. The molecule has 29 heavy (non-hydrogen) atoms. The number of carbonyl (C=O) groups is 2. The molecule has 0 atom stereocenters. The van der Waals surface area contributed by atoms with Crippen LogP contribution in [-0.4, -0.2) is 68.5 Å². The smallest absolute Gasteiger partial charge is 0.265 e. The Hall–Kier alpha value is -2.38. The number of piperidine rings is 1. The van der Waals surface area contributed by atoms with Crippen molar-refractivity contribution in [2.24, 2.45) is 0 Å². The lowest BCUT2D eigenvalue weighted by molar-refractivity contribution is -0.134. The van der Waals surface area contributed by atoms with E-state index in [1.807, 2.05) is 60.3 Å². The van der Waals surface area contributed by atoms with E-state index in [0.29, 0.717) is 17.2 Å². The van der Waals surface area contributed by atoms with Gasteiger partial charge >= 0.3 is 0 Å². The predicted molar refractivity (Wildman–Crippen MR) is 117 cm³/mol. The highest BCUT2D eigenvalue weighted by Crippen LogP contribution is 2.36. The van der Waals surface area contributed by atoms with Gasteiger partial charge in [-0.3, -0.25) is 9.59 Å². The van der Waals surface area contributed by atoms with Gasteiger partial charge in [0.05, 0.1) is 0 Å². The lowest BCUT2D eigenvalue weighted by atomic mass is 10.1. The maximum atomic E-state index is 12.7. The standard InChI is InChI=1S/C22H29N3O3S/c1-24(2)14-11-23-22(27)21-18(15-19(29-21)17-9-5-3-6-10-17)28-16-20(26)25-12-7-4-8-13-25/h3,5-6,9-10,15H,4,7-8,11-14,16H2,1-2H3,(H,23,27). The van der Waals surface area contributed by atoms with Crippen molar-refractivity contribution in [1.29, 1.82) is 0 Å². The van der Waals surface area contributed by atoms with Gasteiger partial charge in [0.25, 0.3) is 11.8 Å². The highest BCUT2D eigenvalue weighted by Gasteiger charge is 2.21. The first kappa shape index (κ1) is 21.3. The average Bonchev–Trinajstić information content (AvgIpc) is 3.17. The molecule has 1 aliphatic rings. The maximum absolute atomic E-state index is 12.7. The van der Waals surface area contributed by atoms with Crippen molar-refractivity contribution in [3.63, 3.8) is 0 Å². The number of likely N-dealkylation sites (tertiary alicyclic amines) is 1. The maximum Gasteiger partial charge on any atom is 0.265 e. The molecule has 7 heteroatoms. The fraction of sp³-hybridized carbons (Fsp3) is 0.455. The summed E-state index contributed by atoms with van der Waals surface area (Å²) in [6, 6.07) is 11.8. The van der Waals surface area contributed by atoms with Gasteiger partial charge in [-0.15, -0.1) is 11.3 Å². The van der Waals surface area contributed by atoms with Crippen LogP contribution in [0.5, 0.6) is 5.75 Å². The van der Waals surface area contributed by atoms with E-state index in [1.165, 1.54) is 17.8 Å². The van der Waals surface area contributed by atoms with E-state index >= 15 is 0 Å². The highest BCUT2D eigenvalue weighted by molar-refractivity contribution is 7.17. The van der Waals surface area contributed by atoms with Crippen LogP contribution in [0.2, 0.25) is 0 Å². The van der Waals surface area contributed by atoms with E-state index in [0.717, 1.165) is 42.9 Å². The molecule has 1 fully saturated rings. The first-order valence-corrected chi connectivity index (χ1v) is 10.9. The monoisotopic (exact) mass is 415 g/mol. The molecular formula is C22H29N3O3S. The van der Waals surface area contributed by atoms with Crippen molar-refractivity contribution < 1.29 is 14.3 Å². The summed E-state index contributed by atoms with van der Waals surface area (Å²) < 4.78 is 5.85. The number of hydrogen-bond acceptors (Lipinski definition) is 5. The van der Waals surface area contributed by atoms with Crippen LogP contribution in [0.4, 0.5) is 0 Å². The number of hydrogen-bond donors (Lipinski definition) is 1.